The molecule has 0 saturated heterocycles. The summed E-state index contributed by atoms with van der Waals surface area (Å²) in [5, 5.41) is 4.50. The summed E-state index contributed by atoms with van der Waals surface area (Å²) < 4.78 is 12.6. The lowest BCUT2D eigenvalue weighted by Gasteiger charge is -2.39. The van der Waals surface area contributed by atoms with Gasteiger partial charge in [-0.3, -0.25) is 9.69 Å². The second kappa shape index (κ2) is 8.78. The smallest absolute Gasteiger partial charge is 0.264 e. The highest BCUT2D eigenvalue weighted by Gasteiger charge is 2.40. The van der Waals surface area contributed by atoms with Crippen molar-refractivity contribution >= 4 is 11.9 Å². The normalized spacial score (nSPS) is 17.3. The predicted octanol–water partition coefficient (Wildman–Crippen LogP) is 4.68. The van der Waals surface area contributed by atoms with Gasteiger partial charge in [0.2, 0.25) is 5.95 Å². The van der Waals surface area contributed by atoms with E-state index in [9.17, 15) is 4.79 Å². The second-order valence-corrected chi connectivity index (χ2v) is 7.83. The van der Waals surface area contributed by atoms with Crippen LogP contribution in [0.25, 0.3) is 0 Å². The van der Waals surface area contributed by atoms with Gasteiger partial charge in [0.1, 0.15) is 17.8 Å². The first-order valence-electron chi connectivity index (χ1n) is 10.8. The Hall–Kier alpha value is -4.13. The highest BCUT2D eigenvalue weighted by Crippen LogP contribution is 2.43. The van der Waals surface area contributed by atoms with Crippen molar-refractivity contribution < 1.29 is 14.3 Å². The van der Waals surface area contributed by atoms with E-state index >= 15 is 0 Å². The number of para-hydroxylation sites is 1. The standard InChI is InChI=1S/C26H24N4O3/c1-32-20-14-12-19(13-15-20)23-16-22(18-8-4-3-5-9-18)29(26-27-17-28-30(23)26)25(31)21-10-6-7-11-24(21)33-2/h3-15,17,22-23H,16H2,1-2H3/t22-,23-/m1/s1. The van der Waals surface area contributed by atoms with Gasteiger partial charge in [0.05, 0.1) is 31.9 Å². The van der Waals surface area contributed by atoms with E-state index in [1.165, 1.54) is 6.33 Å². The van der Waals surface area contributed by atoms with Crippen molar-refractivity contribution in [1.82, 2.24) is 14.8 Å². The van der Waals surface area contributed by atoms with Crippen molar-refractivity contribution in [1.29, 1.82) is 0 Å². The summed E-state index contributed by atoms with van der Waals surface area (Å²) >= 11 is 0. The van der Waals surface area contributed by atoms with Crippen LogP contribution in [0.1, 0.15) is 40.0 Å². The number of hydrogen-bond donors (Lipinski definition) is 0. The van der Waals surface area contributed by atoms with E-state index < -0.39 is 0 Å². The summed E-state index contributed by atoms with van der Waals surface area (Å²) in [6, 6.07) is 24.9. The Bertz CT molecular complexity index is 1250. The minimum atomic E-state index is -0.229. The van der Waals surface area contributed by atoms with Gasteiger partial charge in [-0.05, 0) is 41.8 Å². The molecule has 33 heavy (non-hydrogen) atoms. The van der Waals surface area contributed by atoms with Crippen LogP contribution >= 0.6 is 0 Å². The molecule has 0 spiro atoms. The number of amides is 1. The third-order valence-electron chi connectivity index (χ3n) is 6.06. The summed E-state index contributed by atoms with van der Waals surface area (Å²) in [7, 11) is 3.22. The van der Waals surface area contributed by atoms with Gasteiger partial charge in [-0.25, -0.2) is 4.68 Å². The number of methoxy groups -OCH3 is 2. The molecule has 1 aliphatic heterocycles. The van der Waals surface area contributed by atoms with Gasteiger partial charge in [-0.1, -0.05) is 54.6 Å². The van der Waals surface area contributed by atoms with Gasteiger partial charge < -0.3 is 9.47 Å². The summed E-state index contributed by atoms with van der Waals surface area (Å²) in [6.07, 6.45) is 2.15. The SMILES string of the molecule is COc1ccc([C@H]2C[C@H](c3ccccc3)N(C(=O)c3ccccc3OC)c3ncnn32)cc1. The number of hydrogen-bond acceptors (Lipinski definition) is 5. The molecule has 7 heteroatoms. The maximum atomic E-state index is 13.9. The van der Waals surface area contributed by atoms with E-state index in [2.05, 4.69) is 10.1 Å². The van der Waals surface area contributed by atoms with E-state index in [1.54, 1.807) is 31.3 Å². The molecule has 166 valence electrons. The average molecular weight is 441 g/mol. The molecule has 1 amide bonds. The number of benzene rings is 3. The zero-order valence-corrected chi connectivity index (χ0v) is 18.5. The fourth-order valence-corrected chi connectivity index (χ4v) is 4.44. The largest absolute Gasteiger partial charge is 0.497 e. The van der Waals surface area contributed by atoms with Gasteiger partial charge in [0, 0.05) is 0 Å². The molecule has 7 nitrogen and oxygen atoms in total. The molecule has 2 atom stereocenters. The molecular formula is C26H24N4O3. The highest BCUT2D eigenvalue weighted by atomic mass is 16.5. The first-order valence-corrected chi connectivity index (χ1v) is 10.8. The van der Waals surface area contributed by atoms with Gasteiger partial charge in [0.25, 0.3) is 5.91 Å². The number of anilines is 1. The molecule has 0 saturated carbocycles. The van der Waals surface area contributed by atoms with E-state index in [-0.39, 0.29) is 18.0 Å². The van der Waals surface area contributed by atoms with E-state index in [1.807, 2.05) is 71.4 Å². The van der Waals surface area contributed by atoms with Crippen molar-refractivity contribution in [2.24, 2.45) is 0 Å². The quantitative estimate of drug-likeness (QED) is 0.451. The Morgan fingerprint density at radius 2 is 1.55 bits per heavy atom. The molecule has 1 aromatic heterocycles. The Balaban J connectivity index is 1.64. The monoisotopic (exact) mass is 440 g/mol. The maximum Gasteiger partial charge on any atom is 0.264 e. The molecule has 0 N–H and O–H groups in total. The fourth-order valence-electron chi connectivity index (χ4n) is 4.44. The number of carbonyl (C=O) groups excluding carboxylic acids is 1. The van der Waals surface area contributed by atoms with Crippen LogP contribution in [0, 0.1) is 0 Å². The van der Waals surface area contributed by atoms with Gasteiger partial charge >= 0.3 is 0 Å². The Labute approximate surface area is 192 Å². The molecule has 2 heterocycles. The molecule has 4 aromatic rings. The Kier molecular flexibility index (Phi) is 5.52. The van der Waals surface area contributed by atoms with Crippen LogP contribution in [0.15, 0.2) is 85.2 Å². The molecule has 5 rings (SSSR count). The van der Waals surface area contributed by atoms with Crippen molar-refractivity contribution in [3.63, 3.8) is 0 Å². The van der Waals surface area contributed by atoms with Crippen LogP contribution in [0.5, 0.6) is 11.5 Å². The second-order valence-electron chi connectivity index (χ2n) is 7.83. The predicted molar refractivity (Wildman–Crippen MR) is 125 cm³/mol. The number of carbonyl (C=O) groups is 1. The van der Waals surface area contributed by atoms with Gasteiger partial charge in [-0.15, -0.1) is 0 Å². The summed E-state index contributed by atoms with van der Waals surface area (Å²) in [4.78, 5) is 20.2. The molecule has 3 aromatic carbocycles. The number of rotatable bonds is 5. The molecule has 1 aliphatic rings. The molecule has 0 unspecified atom stereocenters. The molecular weight excluding hydrogens is 416 g/mol. The fraction of sp³-hybridized carbons (Fsp3) is 0.192. The zero-order chi connectivity index (χ0) is 22.8. The number of aromatic nitrogens is 3. The van der Waals surface area contributed by atoms with Gasteiger partial charge in [-0.2, -0.15) is 10.1 Å². The molecule has 0 aliphatic carbocycles. The van der Waals surface area contributed by atoms with E-state index in [0.29, 0.717) is 23.7 Å². The van der Waals surface area contributed by atoms with Crippen LogP contribution < -0.4 is 14.4 Å². The number of nitrogens with zero attached hydrogens (tertiary/aromatic N) is 4. The van der Waals surface area contributed by atoms with Gasteiger partial charge in [0.15, 0.2) is 0 Å². The van der Waals surface area contributed by atoms with E-state index in [4.69, 9.17) is 9.47 Å². The summed E-state index contributed by atoms with van der Waals surface area (Å²) in [6.45, 7) is 0. The van der Waals surface area contributed by atoms with Crippen LogP contribution in [0.3, 0.4) is 0 Å². The van der Waals surface area contributed by atoms with Crippen LogP contribution in [0.2, 0.25) is 0 Å². The van der Waals surface area contributed by atoms with Crippen molar-refractivity contribution in [2.45, 2.75) is 18.5 Å². The highest BCUT2D eigenvalue weighted by molar-refractivity contribution is 6.07. The lowest BCUT2D eigenvalue weighted by atomic mass is 9.91. The first kappa shape index (κ1) is 20.8. The maximum absolute atomic E-state index is 13.9. The van der Waals surface area contributed by atoms with Crippen molar-refractivity contribution in [2.75, 3.05) is 19.1 Å². The number of ether oxygens (including phenoxy) is 2. The van der Waals surface area contributed by atoms with Crippen LogP contribution in [-0.4, -0.2) is 34.9 Å². The zero-order valence-electron chi connectivity index (χ0n) is 18.5. The Morgan fingerprint density at radius 3 is 2.27 bits per heavy atom. The third kappa shape index (κ3) is 3.71. The summed E-state index contributed by atoms with van der Waals surface area (Å²) in [5.41, 5.74) is 2.60. The van der Waals surface area contributed by atoms with Crippen LogP contribution in [-0.2, 0) is 0 Å². The topological polar surface area (TPSA) is 69.5 Å². The summed E-state index contributed by atoms with van der Waals surface area (Å²) in [5.74, 6) is 1.65. The lowest BCUT2D eigenvalue weighted by Crippen LogP contribution is -2.42. The molecule has 0 radical (unpaired) electrons. The van der Waals surface area contributed by atoms with Crippen LogP contribution in [0.4, 0.5) is 5.95 Å². The van der Waals surface area contributed by atoms with Crippen molar-refractivity contribution in [3.8, 4) is 11.5 Å². The third-order valence-corrected chi connectivity index (χ3v) is 6.06. The minimum Gasteiger partial charge on any atom is -0.497 e. The minimum absolute atomic E-state index is 0.0830. The Morgan fingerprint density at radius 1 is 0.848 bits per heavy atom. The molecule has 0 bridgehead atoms. The van der Waals surface area contributed by atoms with E-state index in [0.717, 1.165) is 16.9 Å². The average Bonchev–Trinajstić information content (AvgIpc) is 3.38. The first-order chi connectivity index (χ1) is 16.2. The van der Waals surface area contributed by atoms with Crippen molar-refractivity contribution in [3.05, 3.63) is 102 Å². The lowest BCUT2D eigenvalue weighted by molar-refractivity contribution is 0.0960. The number of fused-ring (bicyclic) bond motifs is 1. The molecule has 0 fully saturated rings.